The molecule has 9 heavy (non-hydrogen) atoms. The van der Waals surface area contributed by atoms with Gasteiger partial charge in [0.05, 0.1) is 12.0 Å². The number of carbonyl (C=O) groups is 2. The van der Waals surface area contributed by atoms with Crippen LogP contribution in [0.2, 0.25) is 0 Å². The molecule has 0 aromatic carbocycles. The van der Waals surface area contributed by atoms with E-state index in [0.29, 0.717) is 0 Å². The number of rotatable bonds is 3. The Labute approximate surface area is 61.9 Å². The van der Waals surface area contributed by atoms with Crippen LogP contribution in [-0.4, -0.2) is 17.0 Å². The molecule has 0 heterocycles. The summed E-state index contributed by atoms with van der Waals surface area (Å²) in [5.41, 5.74) is 0. The van der Waals surface area contributed by atoms with E-state index in [-0.39, 0.29) is 5.75 Å². The third-order valence-electron chi connectivity index (χ3n) is 0.349. The SMILES string of the molecule is CC(=O)OSCC(=O)Cl. The van der Waals surface area contributed by atoms with E-state index in [4.69, 9.17) is 11.6 Å². The van der Waals surface area contributed by atoms with Crippen molar-refractivity contribution >= 4 is 34.9 Å². The summed E-state index contributed by atoms with van der Waals surface area (Å²) in [7, 11) is 0. The predicted molar refractivity (Wildman–Crippen MR) is 35.1 cm³/mol. The molecule has 0 spiro atoms. The molecule has 0 bridgehead atoms. The van der Waals surface area contributed by atoms with E-state index in [1.807, 2.05) is 0 Å². The molecular weight excluding hydrogens is 164 g/mol. The maximum absolute atomic E-state index is 10.0. The second-order valence-electron chi connectivity index (χ2n) is 1.19. The molecule has 0 saturated carbocycles. The summed E-state index contributed by atoms with van der Waals surface area (Å²) in [5, 5.41) is -0.527. The van der Waals surface area contributed by atoms with E-state index in [0.717, 1.165) is 12.0 Å². The van der Waals surface area contributed by atoms with Gasteiger partial charge in [-0.05, 0) is 11.6 Å². The van der Waals surface area contributed by atoms with Crippen molar-refractivity contribution < 1.29 is 13.8 Å². The fourth-order valence-corrected chi connectivity index (χ4v) is 0.610. The molecule has 0 aliphatic heterocycles. The van der Waals surface area contributed by atoms with Crippen molar-refractivity contribution in [3.05, 3.63) is 0 Å². The zero-order chi connectivity index (χ0) is 7.28. The molecule has 3 nitrogen and oxygen atoms in total. The van der Waals surface area contributed by atoms with Crippen LogP contribution >= 0.6 is 23.6 Å². The summed E-state index contributed by atoms with van der Waals surface area (Å²) in [6, 6.07) is 0. The van der Waals surface area contributed by atoms with Gasteiger partial charge in [0.1, 0.15) is 5.75 Å². The van der Waals surface area contributed by atoms with Crippen molar-refractivity contribution in [3.63, 3.8) is 0 Å². The fraction of sp³-hybridized carbons (Fsp3) is 0.500. The Balaban J connectivity index is 3.10. The normalized spacial score (nSPS) is 8.67. The molecule has 0 unspecified atom stereocenters. The van der Waals surface area contributed by atoms with Gasteiger partial charge in [-0.25, -0.2) is 0 Å². The lowest BCUT2D eigenvalue weighted by atomic mass is 10.9. The Bertz CT molecular complexity index is 111. The topological polar surface area (TPSA) is 43.4 Å². The van der Waals surface area contributed by atoms with E-state index in [2.05, 4.69) is 4.18 Å². The quantitative estimate of drug-likeness (QED) is 0.465. The lowest BCUT2D eigenvalue weighted by molar-refractivity contribution is -0.130. The van der Waals surface area contributed by atoms with Crippen LogP contribution in [-0.2, 0) is 13.8 Å². The average molecular weight is 169 g/mol. The highest BCUT2D eigenvalue weighted by molar-refractivity contribution is 7.95. The van der Waals surface area contributed by atoms with Crippen molar-refractivity contribution in [3.8, 4) is 0 Å². The number of hydrogen-bond acceptors (Lipinski definition) is 4. The maximum atomic E-state index is 10.0. The lowest BCUT2D eigenvalue weighted by Crippen LogP contribution is -1.95. The highest BCUT2D eigenvalue weighted by Crippen LogP contribution is 2.03. The van der Waals surface area contributed by atoms with E-state index in [1.165, 1.54) is 6.92 Å². The molecule has 0 saturated heterocycles. The van der Waals surface area contributed by atoms with Crippen LogP contribution in [0.3, 0.4) is 0 Å². The van der Waals surface area contributed by atoms with Crippen LogP contribution in [0, 0.1) is 0 Å². The summed E-state index contributed by atoms with van der Waals surface area (Å²) in [6.07, 6.45) is 0. The van der Waals surface area contributed by atoms with Crippen LogP contribution < -0.4 is 0 Å². The van der Waals surface area contributed by atoms with E-state index in [1.54, 1.807) is 0 Å². The third kappa shape index (κ3) is 7.78. The average Bonchev–Trinajstić information content (AvgIpc) is 1.63. The minimum Gasteiger partial charge on any atom is -0.391 e. The highest BCUT2D eigenvalue weighted by Gasteiger charge is 1.98. The Kier molecular flexibility index (Phi) is 4.53. The molecule has 0 atom stereocenters. The van der Waals surface area contributed by atoms with Crippen LogP contribution in [0.1, 0.15) is 6.92 Å². The van der Waals surface area contributed by atoms with E-state index < -0.39 is 11.2 Å². The highest BCUT2D eigenvalue weighted by atomic mass is 35.5. The largest absolute Gasteiger partial charge is 0.391 e. The summed E-state index contributed by atoms with van der Waals surface area (Å²) >= 11 is 5.65. The smallest absolute Gasteiger partial charge is 0.314 e. The summed E-state index contributed by atoms with van der Waals surface area (Å²) in [6.45, 7) is 1.26. The molecule has 0 aromatic rings. The van der Waals surface area contributed by atoms with Gasteiger partial charge in [-0.2, -0.15) is 0 Å². The van der Waals surface area contributed by atoms with Crippen LogP contribution in [0.15, 0.2) is 0 Å². The molecule has 0 aliphatic carbocycles. The van der Waals surface area contributed by atoms with E-state index in [9.17, 15) is 9.59 Å². The third-order valence-corrected chi connectivity index (χ3v) is 1.37. The molecule has 0 aliphatic rings. The van der Waals surface area contributed by atoms with E-state index >= 15 is 0 Å². The molecule has 0 radical (unpaired) electrons. The summed E-state index contributed by atoms with van der Waals surface area (Å²) < 4.78 is 4.33. The minimum absolute atomic E-state index is 0.00113. The van der Waals surface area contributed by atoms with Gasteiger partial charge in [-0.3, -0.25) is 9.59 Å². The minimum atomic E-state index is -0.527. The maximum Gasteiger partial charge on any atom is 0.314 e. The molecule has 0 rings (SSSR count). The number of halogens is 1. The molecule has 52 valence electrons. The van der Waals surface area contributed by atoms with Gasteiger partial charge < -0.3 is 4.18 Å². The molecule has 0 fully saturated rings. The zero-order valence-electron chi connectivity index (χ0n) is 4.72. The van der Waals surface area contributed by atoms with Gasteiger partial charge in [0.2, 0.25) is 5.24 Å². The molecule has 5 heteroatoms. The van der Waals surface area contributed by atoms with Crippen molar-refractivity contribution in [1.82, 2.24) is 0 Å². The zero-order valence-corrected chi connectivity index (χ0v) is 6.29. The van der Waals surface area contributed by atoms with Crippen molar-refractivity contribution in [2.24, 2.45) is 0 Å². The second kappa shape index (κ2) is 4.64. The summed E-state index contributed by atoms with van der Waals surface area (Å²) in [4.78, 5) is 20.0. The Hall–Kier alpha value is -0.220. The molecule has 0 amide bonds. The monoisotopic (exact) mass is 168 g/mol. The first-order valence-corrected chi connectivity index (χ1v) is 3.40. The van der Waals surface area contributed by atoms with Gasteiger partial charge >= 0.3 is 5.97 Å². The first-order valence-electron chi connectivity index (χ1n) is 2.11. The Morgan fingerprint density at radius 3 is 2.56 bits per heavy atom. The fourth-order valence-electron chi connectivity index (χ4n) is 0.159. The number of hydrogen-bond donors (Lipinski definition) is 0. The van der Waals surface area contributed by atoms with Crippen molar-refractivity contribution in [2.75, 3.05) is 5.75 Å². The van der Waals surface area contributed by atoms with Crippen LogP contribution in [0.5, 0.6) is 0 Å². The van der Waals surface area contributed by atoms with Crippen LogP contribution in [0.4, 0.5) is 0 Å². The van der Waals surface area contributed by atoms with Gasteiger partial charge in [0, 0.05) is 6.92 Å². The Morgan fingerprint density at radius 1 is 1.67 bits per heavy atom. The van der Waals surface area contributed by atoms with Crippen molar-refractivity contribution in [1.29, 1.82) is 0 Å². The Morgan fingerprint density at radius 2 is 2.22 bits per heavy atom. The first kappa shape index (κ1) is 8.78. The van der Waals surface area contributed by atoms with Crippen molar-refractivity contribution in [2.45, 2.75) is 6.92 Å². The van der Waals surface area contributed by atoms with Gasteiger partial charge in [0.25, 0.3) is 0 Å². The van der Waals surface area contributed by atoms with Gasteiger partial charge in [0.15, 0.2) is 0 Å². The number of carbonyl (C=O) groups excluding carboxylic acids is 2. The second-order valence-corrected chi connectivity index (χ2v) is 2.30. The molecule has 0 aromatic heterocycles. The van der Waals surface area contributed by atoms with Crippen LogP contribution in [0.25, 0.3) is 0 Å². The first-order chi connectivity index (χ1) is 4.13. The molecule has 0 N–H and O–H groups in total. The predicted octanol–water partition coefficient (Wildman–Crippen LogP) is 0.963. The van der Waals surface area contributed by atoms with Gasteiger partial charge in [-0.15, -0.1) is 0 Å². The molecular formula is C4H5ClO3S. The standard InChI is InChI=1S/C4H5ClO3S/c1-3(6)8-9-2-4(5)7/h2H2,1H3. The van der Waals surface area contributed by atoms with Gasteiger partial charge in [-0.1, -0.05) is 0 Å². The lowest BCUT2D eigenvalue weighted by Gasteiger charge is -1.92. The summed E-state index contributed by atoms with van der Waals surface area (Å²) in [5.74, 6) is -0.431.